The SMILES string of the molecule is CCCCC/C=C\C/C=C\CCCCCCCC(=O)OCCCCCCCCCCCCCCC(=O)NC(CO)C(O)/C=C/CCCCCCCCCCCCCCCCCCCCCCCCC. The van der Waals surface area contributed by atoms with Gasteiger partial charge < -0.3 is 20.3 Å². The third-order valence-corrected chi connectivity index (χ3v) is 14.2. The van der Waals surface area contributed by atoms with Crippen molar-refractivity contribution in [3.63, 3.8) is 0 Å². The summed E-state index contributed by atoms with van der Waals surface area (Å²) in [6.45, 7) is 4.85. The molecule has 0 radical (unpaired) electrons. The number of ether oxygens (including phenoxy) is 1. The Morgan fingerprint density at radius 3 is 1.13 bits per heavy atom. The van der Waals surface area contributed by atoms with Crippen molar-refractivity contribution in [1.29, 1.82) is 0 Å². The van der Waals surface area contributed by atoms with E-state index in [9.17, 15) is 19.8 Å². The van der Waals surface area contributed by atoms with Crippen LogP contribution >= 0.6 is 0 Å². The van der Waals surface area contributed by atoms with Crippen molar-refractivity contribution in [3.05, 3.63) is 36.5 Å². The lowest BCUT2D eigenvalue weighted by Gasteiger charge is -2.20. The molecule has 0 aromatic heterocycles. The zero-order valence-corrected chi connectivity index (χ0v) is 46.3. The quantitative estimate of drug-likeness (QED) is 0.0321. The van der Waals surface area contributed by atoms with Crippen molar-refractivity contribution in [2.24, 2.45) is 0 Å². The van der Waals surface area contributed by atoms with Crippen LogP contribution in [0.1, 0.15) is 328 Å². The first-order valence-electron chi connectivity index (χ1n) is 30.8. The number of carbonyl (C=O) groups excluding carboxylic acids is 2. The number of aliphatic hydroxyl groups excluding tert-OH is 2. The molecule has 0 aliphatic rings. The second-order valence-electron chi connectivity index (χ2n) is 21.0. The fourth-order valence-corrected chi connectivity index (χ4v) is 9.43. The Hall–Kier alpha value is -1.92. The summed E-state index contributed by atoms with van der Waals surface area (Å²) in [5, 5.41) is 23.2. The predicted molar refractivity (Wildman–Crippen MR) is 301 cm³/mol. The number of aliphatic hydroxyl groups is 2. The van der Waals surface area contributed by atoms with Gasteiger partial charge in [-0.1, -0.05) is 288 Å². The summed E-state index contributed by atoms with van der Waals surface area (Å²) in [5.41, 5.74) is 0. The number of allylic oxidation sites excluding steroid dienone is 5. The molecule has 0 spiro atoms. The maximum atomic E-state index is 12.5. The molecular formula is C63H119NO5. The van der Waals surface area contributed by atoms with Crippen LogP contribution < -0.4 is 5.32 Å². The van der Waals surface area contributed by atoms with Crippen molar-refractivity contribution < 1.29 is 24.5 Å². The van der Waals surface area contributed by atoms with Gasteiger partial charge in [0.25, 0.3) is 0 Å². The second kappa shape index (κ2) is 58.6. The number of unbranched alkanes of at least 4 members (excludes halogenated alkanes) is 42. The van der Waals surface area contributed by atoms with Crippen molar-refractivity contribution >= 4 is 11.9 Å². The zero-order valence-electron chi connectivity index (χ0n) is 46.3. The Morgan fingerprint density at radius 1 is 0.406 bits per heavy atom. The molecule has 406 valence electrons. The first-order chi connectivity index (χ1) is 34.0. The molecule has 0 aliphatic heterocycles. The van der Waals surface area contributed by atoms with E-state index >= 15 is 0 Å². The molecule has 0 saturated heterocycles. The molecule has 2 unspecified atom stereocenters. The van der Waals surface area contributed by atoms with Gasteiger partial charge in [0.15, 0.2) is 0 Å². The van der Waals surface area contributed by atoms with Gasteiger partial charge in [-0.15, -0.1) is 0 Å². The fourth-order valence-electron chi connectivity index (χ4n) is 9.43. The number of nitrogens with one attached hydrogen (secondary N) is 1. The van der Waals surface area contributed by atoms with Crippen LogP contribution in [0.3, 0.4) is 0 Å². The topological polar surface area (TPSA) is 95.9 Å². The van der Waals surface area contributed by atoms with E-state index in [4.69, 9.17) is 4.74 Å². The molecule has 0 bridgehead atoms. The summed E-state index contributed by atoms with van der Waals surface area (Å²) < 4.78 is 5.46. The van der Waals surface area contributed by atoms with Crippen LogP contribution in [0.4, 0.5) is 0 Å². The minimum absolute atomic E-state index is 0.0242. The Labute approximate surface area is 430 Å². The van der Waals surface area contributed by atoms with Gasteiger partial charge in [-0.2, -0.15) is 0 Å². The summed E-state index contributed by atoms with van der Waals surface area (Å²) in [4.78, 5) is 24.6. The summed E-state index contributed by atoms with van der Waals surface area (Å²) in [7, 11) is 0. The Morgan fingerprint density at radius 2 is 0.725 bits per heavy atom. The molecule has 0 fully saturated rings. The Bertz CT molecular complexity index is 1120. The van der Waals surface area contributed by atoms with E-state index in [-0.39, 0.29) is 18.5 Å². The van der Waals surface area contributed by atoms with Gasteiger partial charge >= 0.3 is 5.97 Å². The third-order valence-electron chi connectivity index (χ3n) is 14.2. The lowest BCUT2D eigenvalue weighted by Crippen LogP contribution is -2.45. The summed E-state index contributed by atoms with van der Waals surface area (Å²) in [6, 6.07) is -0.642. The molecule has 6 nitrogen and oxygen atoms in total. The molecule has 0 rings (SSSR count). The molecule has 0 aromatic carbocycles. The maximum absolute atomic E-state index is 12.5. The van der Waals surface area contributed by atoms with Gasteiger partial charge in [0.05, 0.1) is 25.4 Å². The monoisotopic (exact) mass is 970 g/mol. The van der Waals surface area contributed by atoms with E-state index in [1.54, 1.807) is 6.08 Å². The fraction of sp³-hybridized carbons (Fsp3) is 0.873. The highest BCUT2D eigenvalue weighted by Crippen LogP contribution is 2.17. The van der Waals surface area contributed by atoms with Crippen LogP contribution in [0, 0.1) is 0 Å². The van der Waals surface area contributed by atoms with Gasteiger partial charge in [-0.25, -0.2) is 0 Å². The highest BCUT2D eigenvalue weighted by molar-refractivity contribution is 5.76. The van der Waals surface area contributed by atoms with E-state index in [2.05, 4.69) is 43.5 Å². The molecule has 0 aromatic rings. The molecule has 1 amide bonds. The molecule has 2 atom stereocenters. The van der Waals surface area contributed by atoms with Crippen molar-refractivity contribution in [1.82, 2.24) is 5.32 Å². The largest absolute Gasteiger partial charge is 0.466 e. The van der Waals surface area contributed by atoms with Crippen LogP contribution in [0.2, 0.25) is 0 Å². The molecule has 6 heteroatoms. The first kappa shape index (κ1) is 67.1. The Kier molecular flexibility index (Phi) is 57.0. The highest BCUT2D eigenvalue weighted by Gasteiger charge is 2.18. The zero-order chi connectivity index (χ0) is 50.0. The van der Waals surface area contributed by atoms with Crippen molar-refractivity contribution in [2.45, 2.75) is 341 Å². The van der Waals surface area contributed by atoms with Gasteiger partial charge in [0.2, 0.25) is 5.91 Å². The summed E-state index contributed by atoms with van der Waals surface area (Å²) in [5.74, 6) is -0.106. The number of hydrogen-bond donors (Lipinski definition) is 3. The van der Waals surface area contributed by atoms with Crippen LogP contribution in [-0.2, 0) is 14.3 Å². The van der Waals surface area contributed by atoms with E-state index in [1.165, 1.54) is 231 Å². The number of rotatable bonds is 57. The van der Waals surface area contributed by atoms with Crippen LogP contribution in [0.15, 0.2) is 36.5 Å². The van der Waals surface area contributed by atoms with E-state index < -0.39 is 12.1 Å². The van der Waals surface area contributed by atoms with Crippen molar-refractivity contribution in [3.8, 4) is 0 Å². The standard InChI is InChI=1S/C63H119NO5/c1-3-5-7-9-11-13-15-17-19-20-21-22-23-24-25-26-27-28-30-31-35-39-43-47-51-55-61(66)60(59-65)64-62(67)56-52-48-44-40-36-33-34-38-42-46-50-54-58-69-63(68)57-53-49-45-41-37-32-29-18-16-14-12-10-8-6-4-2/h12,14,18,29,51,55,60-61,65-66H,3-11,13,15-17,19-28,30-50,52-54,56-59H2,1-2H3,(H,64,67)/b14-12-,29-18-,55-51+. The lowest BCUT2D eigenvalue weighted by molar-refractivity contribution is -0.143. The van der Waals surface area contributed by atoms with Gasteiger partial charge in [-0.05, 0) is 64.2 Å². The molecule has 0 saturated carbocycles. The molecule has 69 heavy (non-hydrogen) atoms. The highest BCUT2D eigenvalue weighted by atomic mass is 16.5. The predicted octanol–water partition coefficient (Wildman–Crippen LogP) is 19.2. The molecule has 0 heterocycles. The van der Waals surface area contributed by atoms with E-state index in [1.807, 2.05) is 6.08 Å². The normalized spacial score (nSPS) is 12.8. The van der Waals surface area contributed by atoms with Gasteiger partial charge in [-0.3, -0.25) is 9.59 Å². The number of amides is 1. The second-order valence-corrected chi connectivity index (χ2v) is 21.0. The molecule has 0 aliphatic carbocycles. The number of carbonyl (C=O) groups is 2. The van der Waals surface area contributed by atoms with E-state index in [0.717, 1.165) is 70.6 Å². The molecule has 3 N–H and O–H groups in total. The van der Waals surface area contributed by atoms with Crippen molar-refractivity contribution in [2.75, 3.05) is 13.2 Å². The minimum Gasteiger partial charge on any atom is -0.466 e. The van der Waals surface area contributed by atoms with Crippen LogP contribution in [-0.4, -0.2) is 47.4 Å². The average Bonchev–Trinajstić information content (AvgIpc) is 3.35. The third kappa shape index (κ3) is 55.2. The van der Waals surface area contributed by atoms with Gasteiger partial charge in [0.1, 0.15) is 0 Å². The minimum atomic E-state index is -0.857. The van der Waals surface area contributed by atoms with Crippen LogP contribution in [0.5, 0.6) is 0 Å². The first-order valence-corrected chi connectivity index (χ1v) is 30.8. The maximum Gasteiger partial charge on any atom is 0.305 e. The number of esters is 1. The Balaban J connectivity index is 3.49. The summed E-state index contributed by atoms with van der Waals surface area (Å²) >= 11 is 0. The lowest BCUT2D eigenvalue weighted by atomic mass is 10.0. The van der Waals surface area contributed by atoms with Crippen LogP contribution in [0.25, 0.3) is 0 Å². The average molecular weight is 971 g/mol. The number of hydrogen-bond acceptors (Lipinski definition) is 5. The van der Waals surface area contributed by atoms with E-state index in [0.29, 0.717) is 19.4 Å². The smallest absolute Gasteiger partial charge is 0.305 e. The van der Waals surface area contributed by atoms with Gasteiger partial charge in [0, 0.05) is 12.8 Å². The molecular weight excluding hydrogens is 851 g/mol. The summed E-state index contributed by atoms with van der Waals surface area (Å²) in [6.07, 6.45) is 73.2.